The number of aromatic amines is 2. The molecule has 0 bridgehead atoms. The zero-order valence-corrected chi connectivity index (χ0v) is 20.9. The Bertz CT molecular complexity index is 1120. The highest BCUT2D eigenvalue weighted by Gasteiger charge is 2.29. The first-order valence-electron chi connectivity index (χ1n) is 12.5. The van der Waals surface area contributed by atoms with E-state index in [1.807, 2.05) is 0 Å². The van der Waals surface area contributed by atoms with Gasteiger partial charge in [-0.15, -0.1) is 0 Å². The summed E-state index contributed by atoms with van der Waals surface area (Å²) < 4.78 is 0. The number of aromatic nitrogens is 4. The average Bonchev–Trinajstić information content (AvgIpc) is 2.75. The second-order valence-electron chi connectivity index (χ2n) is 10.7. The van der Waals surface area contributed by atoms with Crippen molar-refractivity contribution in [3.05, 3.63) is 43.4 Å². The van der Waals surface area contributed by atoms with Crippen LogP contribution in [0.3, 0.4) is 0 Å². The number of nitrogens with zero attached hydrogens (tertiary/aromatic N) is 2. The Morgan fingerprint density at radius 3 is 2.54 bits per heavy atom. The predicted molar refractivity (Wildman–Crippen MR) is 136 cm³/mol. The number of hydrogen-bond donors (Lipinski definition) is 6. The Labute approximate surface area is 205 Å². The van der Waals surface area contributed by atoms with Crippen LogP contribution in [0.15, 0.2) is 9.59 Å². The summed E-state index contributed by atoms with van der Waals surface area (Å²) in [6.07, 6.45) is 7.19. The van der Waals surface area contributed by atoms with Gasteiger partial charge in [-0.25, -0.2) is 9.78 Å². The molecule has 10 nitrogen and oxygen atoms in total. The SMILES string of the molecule is CC(C)(C)C(CCCC1CCCc2[nH]c(=O)nc(CCO)c21)CCc1c(B(O)O)nc(N)[nH]c1=O. The summed E-state index contributed by atoms with van der Waals surface area (Å²) in [5, 5.41) is 28.8. The molecule has 11 heteroatoms. The van der Waals surface area contributed by atoms with Gasteiger partial charge in [0.1, 0.15) is 0 Å². The molecule has 0 saturated heterocycles. The lowest BCUT2D eigenvalue weighted by Gasteiger charge is -2.32. The molecule has 0 aromatic carbocycles. The van der Waals surface area contributed by atoms with E-state index in [4.69, 9.17) is 5.73 Å². The van der Waals surface area contributed by atoms with Gasteiger partial charge in [0.05, 0.1) is 11.3 Å². The Kier molecular flexibility index (Phi) is 8.90. The van der Waals surface area contributed by atoms with Crippen molar-refractivity contribution in [1.29, 1.82) is 0 Å². The first-order chi connectivity index (χ1) is 16.5. The molecule has 0 spiro atoms. The number of nitrogen functional groups attached to an aromatic ring is 1. The minimum Gasteiger partial charge on any atom is -0.422 e. The van der Waals surface area contributed by atoms with E-state index in [0.29, 0.717) is 30.9 Å². The maximum atomic E-state index is 12.4. The molecule has 2 aromatic heterocycles. The van der Waals surface area contributed by atoms with E-state index in [0.717, 1.165) is 49.8 Å². The van der Waals surface area contributed by atoms with E-state index >= 15 is 0 Å². The molecule has 0 radical (unpaired) electrons. The van der Waals surface area contributed by atoms with Gasteiger partial charge in [-0.2, -0.15) is 4.98 Å². The van der Waals surface area contributed by atoms with Crippen LogP contribution in [0.2, 0.25) is 0 Å². The van der Waals surface area contributed by atoms with E-state index in [1.165, 1.54) is 0 Å². The highest BCUT2D eigenvalue weighted by atomic mass is 16.4. The van der Waals surface area contributed by atoms with Crippen molar-refractivity contribution in [3.63, 3.8) is 0 Å². The molecule has 35 heavy (non-hydrogen) atoms. The topological polar surface area (TPSA) is 178 Å². The van der Waals surface area contributed by atoms with Crippen molar-refractivity contribution >= 4 is 18.7 Å². The number of aliphatic hydroxyl groups is 1. The van der Waals surface area contributed by atoms with Gasteiger partial charge in [0.15, 0.2) is 5.95 Å². The Hall–Kier alpha value is -2.50. The van der Waals surface area contributed by atoms with E-state index in [1.54, 1.807) is 0 Å². The molecule has 2 atom stereocenters. The molecule has 3 rings (SSSR count). The number of aryl methyl sites for hydroxylation is 1. The third-order valence-corrected chi connectivity index (χ3v) is 7.25. The Balaban J connectivity index is 1.71. The molecule has 0 amide bonds. The highest BCUT2D eigenvalue weighted by Crippen LogP contribution is 2.38. The van der Waals surface area contributed by atoms with Crippen LogP contribution in [-0.2, 0) is 19.3 Å². The lowest BCUT2D eigenvalue weighted by Crippen LogP contribution is -2.41. The number of H-pyrrole nitrogens is 2. The van der Waals surface area contributed by atoms with Crippen LogP contribution < -0.4 is 22.6 Å². The number of nitrogens with one attached hydrogen (secondary N) is 2. The second-order valence-corrected chi connectivity index (χ2v) is 10.7. The summed E-state index contributed by atoms with van der Waals surface area (Å²) in [5.74, 6) is 0.445. The zero-order chi connectivity index (χ0) is 25.8. The summed E-state index contributed by atoms with van der Waals surface area (Å²) in [6.45, 7) is 6.49. The molecule has 2 aromatic rings. The number of aliphatic hydroxyl groups excluding tert-OH is 1. The molecule has 0 aliphatic heterocycles. The van der Waals surface area contributed by atoms with Gasteiger partial charge in [-0.1, -0.05) is 27.2 Å². The number of nitrogens with two attached hydrogens (primary N) is 1. The number of hydrogen-bond acceptors (Lipinski definition) is 8. The second kappa shape index (κ2) is 11.5. The highest BCUT2D eigenvalue weighted by molar-refractivity contribution is 6.58. The molecule has 7 N–H and O–H groups in total. The van der Waals surface area contributed by atoms with Crippen molar-refractivity contribution in [1.82, 2.24) is 19.9 Å². The quantitative estimate of drug-likeness (QED) is 0.263. The van der Waals surface area contributed by atoms with Crippen LogP contribution in [-0.4, -0.2) is 48.8 Å². The van der Waals surface area contributed by atoms with Gasteiger partial charge in [0.25, 0.3) is 5.56 Å². The summed E-state index contributed by atoms with van der Waals surface area (Å²) in [7, 11) is -1.86. The molecular formula is C24H38BN5O5. The van der Waals surface area contributed by atoms with Gasteiger partial charge in [-0.3, -0.25) is 9.78 Å². The van der Waals surface area contributed by atoms with E-state index in [-0.39, 0.29) is 40.7 Å². The fraction of sp³-hybridized carbons (Fsp3) is 0.667. The summed E-state index contributed by atoms with van der Waals surface area (Å²) >= 11 is 0. The van der Waals surface area contributed by atoms with Gasteiger partial charge in [-0.05, 0) is 67.8 Å². The molecule has 0 saturated carbocycles. The van der Waals surface area contributed by atoms with Crippen molar-refractivity contribution < 1.29 is 15.2 Å². The zero-order valence-electron chi connectivity index (χ0n) is 20.9. The first-order valence-corrected chi connectivity index (χ1v) is 12.5. The largest absolute Gasteiger partial charge is 0.508 e. The van der Waals surface area contributed by atoms with Crippen LogP contribution >= 0.6 is 0 Å². The van der Waals surface area contributed by atoms with Crippen LogP contribution in [0.5, 0.6) is 0 Å². The molecular weight excluding hydrogens is 449 g/mol. The lowest BCUT2D eigenvalue weighted by atomic mass is 9.72. The Morgan fingerprint density at radius 2 is 1.89 bits per heavy atom. The molecule has 1 aliphatic carbocycles. The van der Waals surface area contributed by atoms with Crippen molar-refractivity contribution in [3.8, 4) is 0 Å². The smallest absolute Gasteiger partial charge is 0.422 e. The van der Waals surface area contributed by atoms with E-state index in [9.17, 15) is 24.7 Å². The van der Waals surface area contributed by atoms with Crippen LogP contribution in [0.1, 0.15) is 87.7 Å². The van der Waals surface area contributed by atoms with Gasteiger partial charge < -0.3 is 25.9 Å². The predicted octanol–water partition coefficient (Wildman–Crippen LogP) is 0.535. The van der Waals surface area contributed by atoms with Crippen LogP contribution in [0, 0.1) is 11.3 Å². The van der Waals surface area contributed by atoms with Gasteiger partial charge in [0, 0.05) is 24.3 Å². The number of fused-ring (bicyclic) bond motifs is 1. The number of rotatable bonds is 10. The van der Waals surface area contributed by atoms with E-state index < -0.39 is 12.7 Å². The first kappa shape index (κ1) is 27.1. The average molecular weight is 487 g/mol. The lowest BCUT2D eigenvalue weighted by molar-refractivity contribution is 0.204. The summed E-state index contributed by atoms with van der Waals surface area (Å²) in [6, 6.07) is 0. The monoisotopic (exact) mass is 487 g/mol. The minimum absolute atomic E-state index is 0.00863. The molecule has 2 unspecified atom stereocenters. The van der Waals surface area contributed by atoms with Crippen molar-refractivity contribution in [2.24, 2.45) is 11.3 Å². The van der Waals surface area contributed by atoms with E-state index in [2.05, 4.69) is 40.7 Å². The molecule has 0 fully saturated rings. The molecule has 1 aliphatic rings. The standard InChI is InChI=1S/C24H38BN5O5/c1-24(2,3)15(10-11-16-20(25(34)35)29-22(26)30-21(16)32)8-4-6-14-7-5-9-17-19(14)18(12-13-31)28-23(33)27-17/h14-15,31,34-35H,4-13H2,1-3H3,(H,27,28,33)(H3,26,29,30,32). The molecule has 192 valence electrons. The van der Waals surface area contributed by atoms with Gasteiger partial charge >= 0.3 is 12.8 Å². The third-order valence-electron chi connectivity index (χ3n) is 7.25. The minimum atomic E-state index is -1.86. The van der Waals surface area contributed by atoms with Crippen molar-refractivity contribution in [2.45, 2.75) is 84.5 Å². The molecule has 2 heterocycles. The summed E-state index contributed by atoms with van der Waals surface area (Å²) in [4.78, 5) is 37.8. The summed E-state index contributed by atoms with van der Waals surface area (Å²) in [5.41, 5.74) is 7.73. The fourth-order valence-electron chi connectivity index (χ4n) is 5.44. The van der Waals surface area contributed by atoms with Crippen LogP contribution in [0.25, 0.3) is 0 Å². The number of anilines is 1. The van der Waals surface area contributed by atoms with Gasteiger partial charge in [0.2, 0.25) is 0 Å². The fourth-order valence-corrected chi connectivity index (χ4v) is 5.44. The third kappa shape index (κ3) is 6.80. The van der Waals surface area contributed by atoms with Crippen molar-refractivity contribution in [2.75, 3.05) is 12.3 Å². The van der Waals surface area contributed by atoms with Crippen LogP contribution in [0.4, 0.5) is 5.95 Å². The Morgan fingerprint density at radius 1 is 1.14 bits per heavy atom. The maximum Gasteiger partial charge on any atom is 0.508 e. The normalized spacial score (nSPS) is 16.7. The maximum absolute atomic E-state index is 12.4.